The normalized spacial score (nSPS) is 18.1. The van der Waals surface area contributed by atoms with E-state index in [9.17, 15) is 0 Å². The minimum absolute atomic E-state index is 0.404. The Labute approximate surface area is 85.0 Å². The maximum Gasteiger partial charge on any atom is 0.0756 e. The molecule has 1 atom stereocenters. The van der Waals surface area contributed by atoms with Gasteiger partial charge in [0.1, 0.15) is 0 Å². The quantitative estimate of drug-likeness (QED) is 0.772. The summed E-state index contributed by atoms with van der Waals surface area (Å²) in [6.45, 7) is 3.13. The Morgan fingerprint density at radius 2 is 2.36 bits per heavy atom. The minimum atomic E-state index is 0.404. The van der Waals surface area contributed by atoms with E-state index in [2.05, 4.69) is 22.2 Å². The fraction of sp³-hybridized carbons (Fsp3) is 0.636. The van der Waals surface area contributed by atoms with Crippen LogP contribution < -0.4 is 5.32 Å². The highest BCUT2D eigenvalue weighted by Gasteiger charge is 2.26. The van der Waals surface area contributed by atoms with Gasteiger partial charge in [-0.3, -0.25) is 9.97 Å². The Bertz CT molecular complexity index is 269. The van der Waals surface area contributed by atoms with Crippen molar-refractivity contribution in [2.45, 2.75) is 32.2 Å². The maximum absolute atomic E-state index is 4.35. The summed E-state index contributed by atoms with van der Waals surface area (Å²) in [5.41, 5.74) is 1.08. The van der Waals surface area contributed by atoms with Crippen molar-refractivity contribution in [1.82, 2.24) is 15.3 Å². The number of hydrogen-bond acceptors (Lipinski definition) is 3. The molecule has 1 saturated carbocycles. The maximum atomic E-state index is 4.35. The van der Waals surface area contributed by atoms with Gasteiger partial charge in [-0.25, -0.2) is 0 Å². The number of nitrogens with zero attached hydrogens (tertiary/aromatic N) is 2. The Kier molecular flexibility index (Phi) is 3.09. The van der Waals surface area contributed by atoms with Gasteiger partial charge in [-0.15, -0.1) is 0 Å². The van der Waals surface area contributed by atoms with E-state index in [1.54, 1.807) is 12.4 Å². The fourth-order valence-corrected chi connectivity index (χ4v) is 1.73. The second kappa shape index (κ2) is 4.51. The molecule has 1 aromatic rings. The van der Waals surface area contributed by atoms with E-state index in [0.29, 0.717) is 6.04 Å². The lowest BCUT2D eigenvalue weighted by atomic mass is 10.1. The Hall–Kier alpha value is -0.960. The molecular weight excluding hydrogens is 174 g/mol. The third-order valence-electron chi connectivity index (χ3n) is 2.66. The minimum Gasteiger partial charge on any atom is -0.309 e. The molecule has 0 radical (unpaired) electrons. The van der Waals surface area contributed by atoms with Gasteiger partial charge in [0.25, 0.3) is 0 Å². The number of aromatic nitrogens is 2. The molecular formula is C11H17N3. The van der Waals surface area contributed by atoms with Crippen LogP contribution in [0, 0.1) is 5.92 Å². The van der Waals surface area contributed by atoms with Gasteiger partial charge in [0.15, 0.2) is 0 Å². The van der Waals surface area contributed by atoms with Crippen LogP contribution in [0.3, 0.4) is 0 Å². The molecule has 1 heterocycles. The first-order chi connectivity index (χ1) is 6.90. The summed E-state index contributed by atoms with van der Waals surface area (Å²) in [4.78, 5) is 8.47. The number of rotatable bonds is 5. The van der Waals surface area contributed by atoms with Gasteiger partial charge in [0.05, 0.1) is 11.7 Å². The monoisotopic (exact) mass is 191 g/mol. The second-order valence-corrected chi connectivity index (χ2v) is 3.92. The highest BCUT2D eigenvalue weighted by molar-refractivity contribution is 5.03. The molecule has 2 rings (SSSR count). The van der Waals surface area contributed by atoms with Crippen LogP contribution in [0.2, 0.25) is 0 Å². The molecule has 1 fully saturated rings. The average Bonchev–Trinajstić information content (AvgIpc) is 3.03. The molecule has 1 aliphatic carbocycles. The van der Waals surface area contributed by atoms with E-state index >= 15 is 0 Å². The molecule has 0 aliphatic heterocycles. The molecule has 0 amide bonds. The zero-order chi connectivity index (χ0) is 9.80. The Balaban J connectivity index is 2.01. The zero-order valence-electron chi connectivity index (χ0n) is 8.61. The van der Waals surface area contributed by atoms with Gasteiger partial charge < -0.3 is 5.32 Å². The lowest BCUT2D eigenvalue weighted by Gasteiger charge is -2.16. The molecule has 0 bridgehead atoms. The summed E-state index contributed by atoms with van der Waals surface area (Å²) in [6.07, 6.45) is 9.36. The van der Waals surface area contributed by atoms with Gasteiger partial charge in [-0.05, 0) is 18.9 Å². The predicted molar refractivity (Wildman–Crippen MR) is 55.8 cm³/mol. The Morgan fingerprint density at radius 3 is 2.93 bits per heavy atom. The molecule has 1 aromatic heterocycles. The third-order valence-corrected chi connectivity index (χ3v) is 2.66. The van der Waals surface area contributed by atoms with Crippen molar-refractivity contribution in [2.24, 2.45) is 5.92 Å². The molecule has 1 unspecified atom stereocenters. The van der Waals surface area contributed by atoms with Crippen LogP contribution in [0.15, 0.2) is 18.6 Å². The van der Waals surface area contributed by atoms with Crippen molar-refractivity contribution < 1.29 is 0 Å². The van der Waals surface area contributed by atoms with Gasteiger partial charge >= 0.3 is 0 Å². The zero-order valence-corrected chi connectivity index (χ0v) is 8.61. The van der Waals surface area contributed by atoms with Crippen LogP contribution in [0.5, 0.6) is 0 Å². The molecule has 0 saturated heterocycles. The van der Waals surface area contributed by atoms with Crippen LogP contribution >= 0.6 is 0 Å². The van der Waals surface area contributed by atoms with Crippen molar-refractivity contribution in [2.75, 3.05) is 6.54 Å². The summed E-state index contributed by atoms with van der Waals surface area (Å²) in [6, 6.07) is 0.404. The standard InChI is InChI=1S/C11H17N3/c1-2-13-10(7-9-3-4-9)11-8-12-5-6-14-11/h5-6,8-10,13H,2-4,7H2,1H3. The first kappa shape index (κ1) is 9.59. The number of nitrogens with one attached hydrogen (secondary N) is 1. The van der Waals surface area contributed by atoms with Crippen molar-refractivity contribution in [3.63, 3.8) is 0 Å². The van der Waals surface area contributed by atoms with E-state index in [1.807, 2.05) is 6.20 Å². The third kappa shape index (κ3) is 2.51. The molecule has 0 spiro atoms. The van der Waals surface area contributed by atoms with Gasteiger partial charge in [-0.2, -0.15) is 0 Å². The predicted octanol–water partition coefficient (Wildman–Crippen LogP) is 1.93. The average molecular weight is 191 g/mol. The SMILES string of the molecule is CCNC(CC1CC1)c1cnccn1. The Morgan fingerprint density at radius 1 is 1.50 bits per heavy atom. The molecule has 1 N–H and O–H groups in total. The lowest BCUT2D eigenvalue weighted by molar-refractivity contribution is 0.475. The van der Waals surface area contributed by atoms with E-state index < -0.39 is 0 Å². The summed E-state index contributed by atoms with van der Waals surface area (Å²) in [7, 11) is 0. The highest BCUT2D eigenvalue weighted by Crippen LogP contribution is 2.36. The van der Waals surface area contributed by atoms with Crippen LogP contribution in [0.1, 0.15) is 37.9 Å². The van der Waals surface area contributed by atoms with Crippen LogP contribution in [0.25, 0.3) is 0 Å². The summed E-state index contributed by atoms with van der Waals surface area (Å²) >= 11 is 0. The second-order valence-electron chi connectivity index (χ2n) is 3.92. The summed E-state index contributed by atoms with van der Waals surface area (Å²) in [5.74, 6) is 0.918. The van der Waals surface area contributed by atoms with Crippen molar-refractivity contribution in [3.05, 3.63) is 24.3 Å². The first-order valence-corrected chi connectivity index (χ1v) is 5.39. The van der Waals surface area contributed by atoms with Gasteiger partial charge in [0.2, 0.25) is 0 Å². The molecule has 3 heteroatoms. The molecule has 0 aromatic carbocycles. The summed E-state index contributed by atoms with van der Waals surface area (Å²) < 4.78 is 0. The van der Waals surface area contributed by atoms with E-state index in [-0.39, 0.29) is 0 Å². The van der Waals surface area contributed by atoms with Crippen LogP contribution in [0.4, 0.5) is 0 Å². The lowest BCUT2D eigenvalue weighted by Crippen LogP contribution is -2.22. The van der Waals surface area contributed by atoms with Gasteiger partial charge in [0, 0.05) is 18.6 Å². The largest absolute Gasteiger partial charge is 0.309 e. The van der Waals surface area contributed by atoms with Crippen molar-refractivity contribution >= 4 is 0 Å². The highest BCUT2D eigenvalue weighted by atomic mass is 14.9. The first-order valence-electron chi connectivity index (χ1n) is 5.39. The van der Waals surface area contributed by atoms with Crippen LogP contribution in [-0.4, -0.2) is 16.5 Å². The van der Waals surface area contributed by atoms with E-state index in [1.165, 1.54) is 19.3 Å². The smallest absolute Gasteiger partial charge is 0.0756 e. The van der Waals surface area contributed by atoms with E-state index in [4.69, 9.17) is 0 Å². The van der Waals surface area contributed by atoms with E-state index in [0.717, 1.165) is 18.2 Å². The van der Waals surface area contributed by atoms with Gasteiger partial charge in [-0.1, -0.05) is 19.8 Å². The van der Waals surface area contributed by atoms with Crippen molar-refractivity contribution in [3.8, 4) is 0 Å². The van der Waals surface area contributed by atoms with Crippen LogP contribution in [-0.2, 0) is 0 Å². The molecule has 1 aliphatic rings. The summed E-state index contributed by atoms with van der Waals surface area (Å²) in [5, 5.41) is 3.47. The van der Waals surface area contributed by atoms with Crippen molar-refractivity contribution in [1.29, 1.82) is 0 Å². The molecule has 76 valence electrons. The fourth-order valence-electron chi connectivity index (χ4n) is 1.73. The molecule has 14 heavy (non-hydrogen) atoms. The molecule has 3 nitrogen and oxygen atoms in total. The topological polar surface area (TPSA) is 37.8 Å². The number of hydrogen-bond donors (Lipinski definition) is 1.